The van der Waals surface area contributed by atoms with Crippen molar-refractivity contribution < 1.29 is 14.1 Å². The lowest BCUT2D eigenvalue weighted by Gasteiger charge is -2.30. The van der Waals surface area contributed by atoms with E-state index in [4.69, 9.17) is 9.26 Å². The van der Waals surface area contributed by atoms with Crippen molar-refractivity contribution in [2.75, 3.05) is 26.2 Å². The minimum Gasteiger partial charge on any atom is -0.367 e. The molecule has 20 heavy (non-hydrogen) atoms. The molecular weight excluding hydrogens is 258 g/mol. The fourth-order valence-corrected chi connectivity index (χ4v) is 2.02. The molecule has 0 aliphatic carbocycles. The molecule has 0 aromatic carbocycles. The summed E-state index contributed by atoms with van der Waals surface area (Å²) in [6, 6.07) is 0. The highest BCUT2D eigenvalue weighted by atomic mass is 16.5. The van der Waals surface area contributed by atoms with Crippen LogP contribution in [-0.4, -0.2) is 47.1 Å². The number of carbonyl (C=O) groups excluding carboxylic acids is 1. The van der Waals surface area contributed by atoms with Gasteiger partial charge in [-0.3, -0.25) is 9.69 Å². The van der Waals surface area contributed by atoms with Crippen LogP contribution in [0, 0.1) is 5.41 Å². The Morgan fingerprint density at radius 2 is 2.20 bits per heavy atom. The molecule has 0 amide bonds. The van der Waals surface area contributed by atoms with Crippen molar-refractivity contribution in [2.24, 2.45) is 5.41 Å². The molecule has 2 rings (SSSR count). The van der Waals surface area contributed by atoms with Gasteiger partial charge in [0.05, 0.1) is 13.0 Å². The molecule has 1 aromatic rings. The van der Waals surface area contributed by atoms with Gasteiger partial charge in [-0.1, -0.05) is 32.9 Å². The number of rotatable bonds is 4. The van der Waals surface area contributed by atoms with E-state index in [0.717, 1.165) is 19.6 Å². The van der Waals surface area contributed by atoms with E-state index in [0.29, 0.717) is 18.3 Å². The van der Waals surface area contributed by atoms with Crippen molar-refractivity contribution in [1.82, 2.24) is 15.0 Å². The van der Waals surface area contributed by atoms with E-state index in [1.165, 1.54) is 0 Å². The zero-order valence-corrected chi connectivity index (χ0v) is 12.7. The maximum atomic E-state index is 12.0. The van der Waals surface area contributed by atoms with Crippen LogP contribution in [0.25, 0.3) is 0 Å². The minimum atomic E-state index is -0.394. The van der Waals surface area contributed by atoms with Crippen LogP contribution in [0.3, 0.4) is 0 Å². The largest absolute Gasteiger partial charge is 0.367 e. The Morgan fingerprint density at radius 3 is 2.85 bits per heavy atom. The van der Waals surface area contributed by atoms with E-state index in [2.05, 4.69) is 22.0 Å². The van der Waals surface area contributed by atoms with Crippen molar-refractivity contribution in [3.05, 3.63) is 11.7 Å². The van der Waals surface area contributed by atoms with Gasteiger partial charge in [0.25, 0.3) is 0 Å². The molecule has 1 aliphatic rings. The Labute approximate surface area is 119 Å². The molecule has 0 radical (unpaired) electrons. The van der Waals surface area contributed by atoms with Gasteiger partial charge in [-0.05, 0) is 6.54 Å². The van der Waals surface area contributed by atoms with E-state index in [9.17, 15) is 4.79 Å². The highest BCUT2D eigenvalue weighted by molar-refractivity contribution is 5.84. The van der Waals surface area contributed by atoms with E-state index in [1.807, 2.05) is 20.8 Å². The molecule has 1 aliphatic heterocycles. The quantitative estimate of drug-likeness (QED) is 0.835. The molecule has 6 nitrogen and oxygen atoms in total. The number of aromatic nitrogens is 2. The lowest BCUT2D eigenvalue weighted by Crippen LogP contribution is -2.38. The van der Waals surface area contributed by atoms with Crippen LogP contribution in [0.5, 0.6) is 0 Å². The number of hydrogen-bond acceptors (Lipinski definition) is 6. The molecule has 2 heterocycles. The Bertz CT molecular complexity index is 464. The highest BCUT2D eigenvalue weighted by Gasteiger charge is 2.27. The molecule has 0 bridgehead atoms. The first-order chi connectivity index (χ1) is 9.40. The number of Topliss-reactive ketones (excluding diaryl/α,β-unsaturated/α-hetero) is 1. The van der Waals surface area contributed by atoms with Crippen molar-refractivity contribution in [1.29, 1.82) is 0 Å². The van der Waals surface area contributed by atoms with Gasteiger partial charge in [0.2, 0.25) is 11.7 Å². The molecule has 112 valence electrons. The van der Waals surface area contributed by atoms with Gasteiger partial charge in [-0.2, -0.15) is 4.98 Å². The fourth-order valence-electron chi connectivity index (χ4n) is 2.02. The number of nitrogens with zero attached hydrogens (tertiary/aromatic N) is 3. The number of ketones is 1. The molecule has 6 heteroatoms. The average Bonchev–Trinajstić information content (AvgIpc) is 2.86. The van der Waals surface area contributed by atoms with E-state index in [1.54, 1.807) is 0 Å². The number of likely N-dealkylation sites (N-methyl/N-ethyl adjacent to an activating group) is 1. The van der Waals surface area contributed by atoms with Gasteiger partial charge in [0.1, 0.15) is 11.9 Å². The smallest absolute Gasteiger partial charge is 0.234 e. The number of carbonyl (C=O) groups is 1. The van der Waals surface area contributed by atoms with Crippen LogP contribution >= 0.6 is 0 Å². The number of ether oxygens (including phenoxy) is 1. The normalized spacial score (nSPS) is 21.1. The molecule has 1 unspecified atom stereocenters. The molecular formula is C14H23N3O3. The topological polar surface area (TPSA) is 68.5 Å². The van der Waals surface area contributed by atoms with Crippen LogP contribution in [0.4, 0.5) is 0 Å². The van der Waals surface area contributed by atoms with Gasteiger partial charge in [0, 0.05) is 18.5 Å². The third-order valence-corrected chi connectivity index (χ3v) is 3.52. The molecule has 1 saturated heterocycles. The standard InChI is InChI=1S/C14H23N3O3/c1-5-17-6-7-19-10(9-17)13-15-12(20-16-13)8-11(18)14(2,3)4/h10H,5-9H2,1-4H3. The summed E-state index contributed by atoms with van der Waals surface area (Å²) in [6.45, 7) is 11.1. The zero-order valence-electron chi connectivity index (χ0n) is 12.7. The minimum absolute atomic E-state index is 0.0902. The monoisotopic (exact) mass is 281 g/mol. The van der Waals surface area contributed by atoms with Gasteiger partial charge >= 0.3 is 0 Å². The summed E-state index contributed by atoms with van der Waals surface area (Å²) in [7, 11) is 0. The first-order valence-corrected chi connectivity index (χ1v) is 7.10. The lowest BCUT2D eigenvalue weighted by atomic mass is 9.89. The molecule has 1 aromatic heterocycles. The lowest BCUT2D eigenvalue weighted by molar-refractivity contribution is -0.125. The van der Waals surface area contributed by atoms with Crippen molar-refractivity contribution >= 4 is 5.78 Å². The molecule has 1 atom stereocenters. The molecule has 0 saturated carbocycles. The predicted octanol–water partition coefficient (Wildman–Crippen LogP) is 1.62. The van der Waals surface area contributed by atoms with Gasteiger partial charge in [0.15, 0.2) is 0 Å². The van der Waals surface area contributed by atoms with Crippen LogP contribution in [-0.2, 0) is 16.0 Å². The SMILES string of the molecule is CCN1CCOC(c2noc(CC(=O)C(C)(C)C)n2)C1. The summed E-state index contributed by atoms with van der Waals surface area (Å²) in [6.07, 6.45) is 0.0201. The first-order valence-electron chi connectivity index (χ1n) is 7.10. The van der Waals surface area contributed by atoms with Gasteiger partial charge < -0.3 is 9.26 Å². The predicted molar refractivity (Wildman–Crippen MR) is 73.3 cm³/mol. The Kier molecular flexibility index (Phi) is 4.55. The summed E-state index contributed by atoms with van der Waals surface area (Å²) in [5.74, 6) is 1.00. The van der Waals surface area contributed by atoms with Crippen LogP contribution in [0.1, 0.15) is 45.5 Å². The van der Waals surface area contributed by atoms with Crippen molar-refractivity contribution in [3.8, 4) is 0 Å². The Balaban J connectivity index is 2.00. The average molecular weight is 281 g/mol. The second-order valence-electron chi connectivity index (χ2n) is 6.15. The maximum Gasteiger partial charge on any atom is 0.234 e. The fraction of sp³-hybridized carbons (Fsp3) is 0.786. The van der Waals surface area contributed by atoms with E-state index in [-0.39, 0.29) is 18.3 Å². The van der Waals surface area contributed by atoms with Gasteiger partial charge in [-0.25, -0.2) is 0 Å². The third-order valence-electron chi connectivity index (χ3n) is 3.52. The number of hydrogen-bond donors (Lipinski definition) is 0. The number of morpholine rings is 1. The third kappa shape index (κ3) is 3.64. The summed E-state index contributed by atoms with van der Waals surface area (Å²) in [4.78, 5) is 18.5. The van der Waals surface area contributed by atoms with Crippen LogP contribution in [0.2, 0.25) is 0 Å². The molecule has 0 spiro atoms. The van der Waals surface area contributed by atoms with Crippen molar-refractivity contribution in [3.63, 3.8) is 0 Å². The summed E-state index contributed by atoms with van der Waals surface area (Å²) in [5, 5.41) is 3.95. The summed E-state index contributed by atoms with van der Waals surface area (Å²) >= 11 is 0. The molecule has 0 N–H and O–H groups in total. The maximum absolute atomic E-state index is 12.0. The second kappa shape index (κ2) is 6.01. The zero-order chi connectivity index (χ0) is 14.8. The van der Waals surface area contributed by atoms with Crippen LogP contribution in [0.15, 0.2) is 4.52 Å². The molecule has 1 fully saturated rings. The van der Waals surface area contributed by atoms with E-state index < -0.39 is 5.41 Å². The Hall–Kier alpha value is -1.27. The van der Waals surface area contributed by atoms with Gasteiger partial charge in [-0.15, -0.1) is 0 Å². The first kappa shape index (κ1) is 15.1. The summed E-state index contributed by atoms with van der Waals surface area (Å²) in [5.41, 5.74) is -0.394. The van der Waals surface area contributed by atoms with Crippen LogP contribution < -0.4 is 0 Å². The summed E-state index contributed by atoms with van der Waals surface area (Å²) < 4.78 is 10.8. The highest BCUT2D eigenvalue weighted by Crippen LogP contribution is 2.21. The Morgan fingerprint density at radius 1 is 1.45 bits per heavy atom. The van der Waals surface area contributed by atoms with E-state index >= 15 is 0 Å². The van der Waals surface area contributed by atoms with Crippen molar-refractivity contribution in [2.45, 2.75) is 40.2 Å². The second-order valence-corrected chi connectivity index (χ2v) is 6.15.